The Kier molecular flexibility index (Phi) is 3.56. The summed E-state index contributed by atoms with van der Waals surface area (Å²) in [5, 5.41) is 4.96. The molecule has 1 aliphatic rings. The number of benzene rings is 1. The van der Waals surface area contributed by atoms with Crippen molar-refractivity contribution in [1.82, 2.24) is 9.78 Å². The summed E-state index contributed by atoms with van der Waals surface area (Å²) in [6.07, 6.45) is 0. The summed E-state index contributed by atoms with van der Waals surface area (Å²) in [7, 11) is 1.84. The van der Waals surface area contributed by atoms with Gasteiger partial charge in [-0.3, -0.25) is 4.68 Å². The minimum atomic E-state index is 0.577. The fraction of sp³-hybridized carbons (Fsp3) is 0.308. The zero-order valence-electron chi connectivity index (χ0n) is 10.5. The average molecular weight is 340 g/mol. The van der Waals surface area contributed by atoms with Crippen LogP contribution >= 0.6 is 27.7 Å². The summed E-state index contributed by atoms with van der Waals surface area (Å²) in [6.45, 7) is 1.69. The van der Waals surface area contributed by atoms with Gasteiger partial charge in [0.15, 0.2) is 0 Å². The maximum Gasteiger partial charge on any atom is 0.121 e. The van der Waals surface area contributed by atoms with Gasteiger partial charge in [0.2, 0.25) is 0 Å². The largest absolute Gasteiger partial charge is 0.384 e. The molecule has 0 radical (unpaired) electrons. The first-order valence-electron chi connectivity index (χ1n) is 5.97. The second kappa shape index (κ2) is 5.19. The number of aryl methyl sites for hydroxylation is 1. The fourth-order valence-corrected chi connectivity index (χ4v) is 3.51. The highest BCUT2D eigenvalue weighted by atomic mass is 79.9. The topological polar surface area (TPSA) is 53.1 Å². The van der Waals surface area contributed by atoms with Crippen LogP contribution in [-0.2, 0) is 11.8 Å². The highest BCUT2D eigenvalue weighted by Crippen LogP contribution is 2.36. The van der Waals surface area contributed by atoms with Crippen LogP contribution in [0.1, 0.15) is 0 Å². The van der Waals surface area contributed by atoms with Crippen LogP contribution in [0.15, 0.2) is 33.6 Å². The van der Waals surface area contributed by atoms with Crippen LogP contribution in [0.25, 0.3) is 11.3 Å². The van der Waals surface area contributed by atoms with Crippen molar-refractivity contribution >= 4 is 33.5 Å². The van der Waals surface area contributed by atoms with E-state index < -0.39 is 0 Å². The van der Waals surface area contributed by atoms with E-state index in [9.17, 15) is 0 Å². The Morgan fingerprint density at radius 2 is 2.21 bits per heavy atom. The third-order valence-electron chi connectivity index (χ3n) is 3.04. The third-order valence-corrected chi connectivity index (χ3v) is 5.18. The van der Waals surface area contributed by atoms with Gasteiger partial charge >= 0.3 is 0 Å². The third kappa shape index (κ3) is 2.66. The molecule has 100 valence electrons. The van der Waals surface area contributed by atoms with Gasteiger partial charge in [-0.05, 0) is 28.1 Å². The minimum absolute atomic E-state index is 0.577. The Morgan fingerprint density at radius 1 is 1.42 bits per heavy atom. The predicted molar refractivity (Wildman–Crippen MR) is 81.2 cm³/mol. The lowest BCUT2D eigenvalue weighted by Crippen LogP contribution is -2.30. The molecule has 1 fully saturated rings. The van der Waals surface area contributed by atoms with Gasteiger partial charge in [-0.25, -0.2) is 0 Å². The van der Waals surface area contributed by atoms with Crippen molar-refractivity contribution in [1.29, 1.82) is 0 Å². The average Bonchev–Trinajstić information content (AvgIpc) is 2.66. The van der Waals surface area contributed by atoms with E-state index in [1.54, 1.807) is 4.68 Å². The summed E-state index contributed by atoms with van der Waals surface area (Å²) in [6, 6.07) is 8.17. The van der Waals surface area contributed by atoms with Gasteiger partial charge in [-0.1, -0.05) is 6.07 Å². The van der Waals surface area contributed by atoms with Gasteiger partial charge in [-0.15, -0.1) is 11.8 Å². The van der Waals surface area contributed by atoms with E-state index in [1.807, 2.05) is 24.9 Å². The summed E-state index contributed by atoms with van der Waals surface area (Å²) < 4.78 is 7.96. The molecule has 2 heterocycles. The smallest absolute Gasteiger partial charge is 0.121 e. The number of thioether (sulfide) groups is 1. The van der Waals surface area contributed by atoms with Gasteiger partial charge < -0.3 is 10.5 Å². The number of aromatic nitrogens is 2. The van der Waals surface area contributed by atoms with Gasteiger partial charge in [-0.2, -0.15) is 5.10 Å². The van der Waals surface area contributed by atoms with Crippen LogP contribution in [0, 0.1) is 0 Å². The molecule has 19 heavy (non-hydrogen) atoms. The van der Waals surface area contributed by atoms with Crippen molar-refractivity contribution in [3.05, 3.63) is 28.7 Å². The van der Waals surface area contributed by atoms with E-state index >= 15 is 0 Å². The molecule has 2 N–H and O–H groups in total. The lowest BCUT2D eigenvalue weighted by Gasteiger charge is -2.25. The number of anilines is 1. The monoisotopic (exact) mass is 339 g/mol. The van der Waals surface area contributed by atoms with Crippen molar-refractivity contribution in [3.8, 4) is 11.3 Å². The van der Waals surface area contributed by atoms with Gasteiger partial charge in [0.25, 0.3) is 0 Å². The number of hydrogen-bond acceptors (Lipinski definition) is 4. The molecule has 0 atom stereocenters. The molecule has 0 saturated carbocycles. The highest BCUT2D eigenvalue weighted by molar-refractivity contribution is 9.10. The summed E-state index contributed by atoms with van der Waals surface area (Å²) in [4.78, 5) is 1.24. The standard InChI is InChI=1S/C13H14BrN3OS/c1-17-13(15)5-11(16-17)8-2-3-12(10(14)4-8)19-9-6-18-7-9/h2-5,9H,6-7,15H2,1H3. The molecule has 0 unspecified atom stereocenters. The molecule has 1 aromatic heterocycles. The normalized spacial score (nSPS) is 15.5. The van der Waals surface area contributed by atoms with E-state index in [4.69, 9.17) is 10.5 Å². The fourth-order valence-electron chi connectivity index (χ4n) is 1.84. The Bertz CT molecular complexity index is 590. The predicted octanol–water partition coefficient (Wildman–Crippen LogP) is 2.92. The molecule has 4 nitrogen and oxygen atoms in total. The van der Waals surface area contributed by atoms with Crippen LogP contribution in [0.5, 0.6) is 0 Å². The van der Waals surface area contributed by atoms with Crippen LogP contribution in [0.4, 0.5) is 5.82 Å². The number of rotatable bonds is 3. The molecule has 0 bridgehead atoms. The number of nitrogen functional groups attached to an aromatic ring is 1. The summed E-state index contributed by atoms with van der Waals surface area (Å²) in [5.41, 5.74) is 7.76. The van der Waals surface area contributed by atoms with E-state index in [-0.39, 0.29) is 0 Å². The molecule has 1 aromatic carbocycles. The first-order chi connectivity index (χ1) is 9.13. The van der Waals surface area contributed by atoms with Gasteiger partial charge in [0.05, 0.1) is 24.2 Å². The van der Waals surface area contributed by atoms with Crippen molar-refractivity contribution < 1.29 is 4.74 Å². The molecular formula is C13H14BrN3OS. The Labute approximate surface area is 124 Å². The molecular weight excluding hydrogens is 326 g/mol. The van der Waals surface area contributed by atoms with E-state index in [0.717, 1.165) is 28.9 Å². The lowest BCUT2D eigenvalue weighted by molar-refractivity contribution is 0.0455. The quantitative estimate of drug-likeness (QED) is 0.933. The van der Waals surface area contributed by atoms with E-state index in [1.165, 1.54) is 4.90 Å². The molecule has 3 rings (SSSR count). The van der Waals surface area contributed by atoms with Crippen molar-refractivity contribution in [2.45, 2.75) is 10.1 Å². The number of nitrogens with two attached hydrogens (primary N) is 1. The SMILES string of the molecule is Cn1nc(-c2ccc(SC3COC3)c(Br)c2)cc1N. The Morgan fingerprint density at radius 3 is 2.74 bits per heavy atom. The summed E-state index contributed by atoms with van der Waals surface area (Å²) in [5.74, 6) is 0.663. The number of hydrogen-bond donors (Lipinski definition) is 1. The van der Waals surface area contributed by atoms with Gasteiger partial charge in [0.1, 0.15) is 5.82 Å². The highest BCUT2D eigenvalue weighted by Gasteiger charge is 2.20. The first kappa shape index (κ1) is 13.0. The Balaban J connectivity index is 1.85. The second-order valence-electron chi connectivity index (χ2n) is 4.50. The van der Waals surface area contributed by atoms with Crippen molar-refractivity contribution in [2.24, 2.45) is 7.05 Å². The minimum Gasteiger partial charge on any atom is -0.384 e. The zero-order chi connectivity index (χ0) is 13.4. The maximum absolute atomic E-state index is 5.81. The molecule has 0 aliphatic carbocycles. The van der Waals surface area contributed by atoms with Crippen molar-refractivity contribution in [3.63, 3.8) is 0 Å². The molecule has 1 aliphatic heterocycles. The summed E-state index contributed by atoms with van der Waals surface area (Å²) >= 11 is 5.47. The van der Waals surface area contributed by atoms with Crippen LogP contribution in [-0.4, -0.2) is 28.2 Å². The van der Waals surface area contributed by atoms with Crippen LogP contribution in [0.2, 0.25) is 0 Å². The molecule has 2 aromatic rings. The molecule has 0 amide bonds. The Hall–Kier alpha value is -0.980. The number of nitrogens with zero attached hydrogens (tertiary/aromatic N) is 2. The first-order valence-corrected chi connectivity index (χ1v) is 7.64. The molecule has 0 spiro atoms. The molecule has 1 saturated heterocycles. The molecule has 6 heteroatoms. The van der Waals surface area contributed by atoms with Crippen molar-refractivity contribution in [2.75, 3.05) is 18.9 Å². The van der Waals surface area contributed by atoms with Gasteiger partial charge in [0, 0.05) is 28.0 Å². The lowest BCUT2D eigenvalue weighted by atomic mass is 10.1. The van der Waals surface area contributed by atoms with Crippen LogP contribution in [0.3, 0.4) is 0 Å². The zero-order valence-corrected chi connectivity index (χ0v) is 12.9. The number of halogens is 1. The van der Waals surface area contributed by atoms with E-state index in [2.05, 4.69) is 39.2 Å². The number of ether oxygens (including phenoxy) is 1. The second-order valence-corrected chi connectivity index (χ2v) is 6.70. The maximum atomic E-state index is 5.81. The van der Waals surface area contributed by atoms with Crippen LogP contribution < -0.4 is 5.73 Å². The van der Waals surface area contributed by atoms with E-state index in [0.29, 0.717) is 11.1 Å².